The number of phenols is 1. The molecule has 4 aromatic rings. The van der Waals surface area contributed by atoms with E-state index in [0.717, 1.165) is 6.42 Å². The van der Waals surface area contributed by atoms with Crippen LogP contribution in [0.4, 0.5) is 10.2 Å². The smallest absolute Gasteiger partial charge is 0.316 e. The summed E-state index contributed by atoms with van der Waals surface area (Å²) < 4.78 is 19.8. The van der Waals surface area contributed by atoms with Gasteiger partial charge in [-0.1, -0.05) is 12.0 Å². The normalized spacial score (nSPS) is 15.5. The molecule has 1 unspecified atom stereocenters. The summed E-state index contributed by atoms with van der Waals surface area (Å²) in [6.45, 7) is 1.18. The van der Waals surface area contributed by atoms with Gasteiger partial charge in [-0.2, -0.15) is 10.2 Å². The molecule has 1 aliphatic rings. The number of rotatable bonds is 3. The maximum absolute atomic E-state index is 14.6. The van der Waals surface area contributed by atoms with Crippen molar-refractivity contribution in [3.05, 3.63) is 47.9 Å². The first-order chi connectivity index (χ1) is 16.0. The lowest BCUT2D eigenvalue weighted by atomic mass is 9.96. The summed E-state index contributed by atoms with van der Waals surface area (Å²) in [6.07, 6.45) is 8.00. The highest BCUT2D eigenvalue weighted by Crippen LogP contribution is 2.38. The number of aromatic nitrogens is 3. The van der Waals surface area contributed by atoms with Crippen LogP contribution in [0.3, 0.4) is 0 Å². The van der Waals surface area contributed by atoms with Crippen molar-refractivity contribution in [3.8, 4) is 41.4 Å². The van der Waals surface area contributed by atoms with Crippen molar-refractivity contribution in [2.75, 3.05) is 25.1 Å². The Kier molecular flexibility index (Phi) is 4.91. The van der Waals surface area contributed by atoms with E-state index in [0.29, 0.717) is 51.8 Å². The number of fused-ring (bicyclic) bond motifs is 2. The third-order valence-electron chi connectivity index (χ3n) is 5.86. The van der Waals surface area contributed by atoms with E-state index in [1.807, 2.05) is 4.90 Å². The number of benzene rings is 2. The number of nitrogens with zero attached hydrogens (tertiary/aromatic N) is 5. The molecule has 0 amide bonds. The highest BCUT2D eigenvalue weighted by molar-refractivity contribution is 6.03. The Balaban J connectivity index is 1.83. The van der Waals surface area contributed by atoms with Gasteiger partial charge < -0.3 is 14.7 Å². The quantitative estimate of drug-likeness (QED) is 0.482. The molecular weight excluding hydrogens is 421 g/mol. The number of nitriles is 1. The van der Waals surface area contributed by atoms with Gasteiger partial charge in [0, 0.05) is 30.2 Å². The second kappa shape index (κ2) is 7.92. The summed E-state index contributed by atoms with van der Waals surface area (Å²) in [5, 5.41) is 21.5. The van der Waals surface area contributed by atoms with Crippen LogP contribution in [0.25, 0.3) is 32.9 Å². The standard InChI is InChI=1S/C25H18FN5O2/c1-3-17-20(26)5-4-15-8-16(32)9-18(23(15)17)21-10-22-19(12-28-25(30-22)33-2)24(29-21)31-7-6-14(11-27)13-31/h1,4-5,8-10,12,14,32H,6-7,13H2,2H3. The maximum Gasteiger partial charge on any atom is 0.316 e. The summed E-state index contributed by atoms with van der Waals surface area (Å²) >= 11 is 0. The van der Waals surface area contributed by atoms with Gasteiger partial charge in [0.15, 0.2) is 0 Å². The Morgan fingerprint density at radius 2 is 2.12 bits per heavy atom. The molecule has 0 bridgehead atoms. The number of terminal acetylenes is 1. The molecule has 1 fully saturated rings. The van der Waals surface area contributed by atoms with Crippen LogP contribution in [0.1, 0.15) is 12.0 Å². The van der Waals surface area contributed by atoms with Crippen LogP contribution in [-0.2, 0) is 0 Å². The molecule has 1 atom stereocenters. The fourth-order valence-electron chi connectivity index (χ4n) is 4.30. The second-order valence-corrected chi connectivity index (χ2v) is 7.84. The molecule has 1 saturated heterocycles. The Morgan fingerprint density at radius 3 is 2.85 bits per heavy atom. The van der Waals surface area contributed by atoms with Crippen molar-refractivity contribution in [2.24, 2.45) is 5.92 Å². The van der Waals surface area contributed by atoms with Crippen LogP contribution in [-0.4, -0.2) is 40.3 Å². The number of aromatic hydroxyl groups is 1. The Labute approximate surface area is 189 Å². The molecule has 162 valence electrons. The first-order valence-electron chi connectivity index (χ1n) is 10.3. The van der Waals surface area contributed by atoms with E-state index in [9.17, 15) is 14.8 Å². The van der Waals surface area contributed by atoms with Crippen molar-refractivity contribution < 1.29 is 14.2 Å². The average molecular weight is 439 g/mol. The molecule has 2 aromatic carbocycles. The van der Waals surface area contributed by atoms with Gasteiger partial charge in [0.1, 0.15) is 17.4 Å². The number of hydrogen-bond acceptors (Lipinski definition) is 7. The molecule has 1 N–H and O–H groups in total. The first kappa shape index (κ1) is 20.5. The van der Waals surface area contributed by atoms with Gasteiger partial charge in [-0.05, 0) is 36.1 Å². The predicted octanol–water partition coefficient (Wildman–Crippen LogP) is 4.03. The van der Waals surface area contributed by atoms with Crippen LogP contribution in [0.15, 0.2) is 36.5 Å². The second-order valence-electron chi connectivity index (χ2n) is 7.84. The zero-order valence-electron chi connectivity index (χ0n) is 17.7. The van der Waals surface area contributed by atoms with E-state index in [-0.39, 0.29) is 23.2 Å². The summed E-state index contributed by atoms with van der Waals surface area (Å²) in [7, 11) is 1.48. The molecule has 33 heavy (non-hydrogen) atoms. The fourth-order valence-corrected chi connectivity index (χ4v) is 4.30. The lowest BCUT2D eigenvalue weighted by molar-refractivity contribution is 0.382. The van der Waals surface area contributed by atoms with Crippen molar-refractivity contribution in [1.29, 1.82) is 5.26 Å². The van der Waals surface area contributed by atoms with E-state index in [1.165, 1.54) is 25.3 Å². The van der Waals surface area contributed by atoms with Crippen LogP contribution >= 0.6 is 0 Å². The minimum Gasteiger partial charge on any atom is -0.508 e. The number of halogens is 1. The Bertz CT molecular complexity index is 1510. The molecule has 0 radical (unpaired) electrons. The first-order valence-corrected chi connectivity index (χ1v) is 10.3. The summed E-state index contributed by atoms with van der Waals surface area (Å²) in [5.74, 6) is 2.41. The zero-order valence-corrected chi connectivity index (χ0v) is 17.7. The highest BCUT2D eigenvalue weighted by Gasteiger charge is 2.26. The van der Waals surface area contributed by atoms with Gasteiger partial charge in [-0.3, -0.25) is 0 Å². The van der Waals surface area contributed by atoms with Gasteiger partial charge >= 0.3 is 6.01 Å². The summed E-state index contributed by atoms with van der Waals surface area (Å²) in [5.41, 5.74) is 1.60. The van der Waals surface area contributed by atoms with E-state index in [1.54, 1.807) is 18.3 Å². The molecule has 3 heterocycles. The van der Waals surface area contributed by atoms with Gasteiger partial charge in [0.2, 0.25) is 0 Å². The van der Waals surface area contributed by atoms with E-state index in [4.69, 9.17) is 16.1 Å². The minimum absolute atomic E-state index is 0.00140. The van der Waals surface area contributed by atoms with Crippen LogP contribution < -0.4 is 9.64 Å². The number of anilines is 1. The van der Waals surface area contributed by atoms with E-state index in [2.05, 4.69) is 22.0 Å². The monoisotopic (exact) mass is 439 g/mol. The van der Waals surface area contributed by atoms with Gasteiger partial charge in [-0.15, -0.1) is 6.42 Å². The van der Waals surface area contributed by atoms with Crippen LogP contribution in [0.2, 0.25) is 0 Å². The minimum atomic E-state index is -0.529. The SMILES string of the molecule is C#Cc1c(F)ccc2cc(O)cc(-c3cc4nc(OC)ncc4c(N4CCC(C#N)C4)n3)c12. The number of methoxy groups -OCH3 is 1. The summed E-state index contributed by atoms with van der Waals surface area (Å²) in [6, 6.07) is 10.1. The molecule has 0 aliphatic carbocycles. The number of hydrogen-bond donors (Lipinski definition) is 1. The van der Waals surface area contributed by atoms with Crippen molar-refractivity contribution in [2.45, 2.75) is 6.42 Å². The molecule has 2 aromatic heterocycles. The van der Waals surface area contributed by atoms with Gasteiger partial charge in [-0.25, -0.2) is 14.4 Å². The lowest BCUT2D eigenvalue weighted by Crippen LogP contribution is -2.21. The number of pyridine rings is 1. The summed E-state index contributed by atoms with van der Waals surface area (Å²) in [4.78, 5) is 15.6. The Morgan fingerprint density at radius 1 is 1.27 bits per heavy atom. The van der Waals surface area contributed by atoms with Crippen molar-refractivity contribution in [1.82, 2.24) is 15.0 Å². The maximum atomic E-state index is 14.6. The molecule has 0 spiro atoms. The lowest BCUT2D eigenvalue weighted by Gasteiger charge is -2.20. The largest absolute Gasteiger partial charge is 0.508 e. The predicted molar refractivity (Wildman–Crippen MR) is 122 cm³/mol. The average Bonchev–Trinajstić information content (AvgIpc) is 3.32. The van der Waals surface area contributed by atoms with Gasteiger partial charge in [0.25, 0.3) is 0 Å². The number of ether oxygens (including phenoxy) is 1. The van der Waals surface area contributed by atoms with Crippen LogP contribution in [0, 0.1) is 35.4 Å². The topological polar surface area (TPSA) is 95.2 Å². The highest BCUT2D eigenvalue weighted by atomic mass is 19.1. The van der Waals surface area contributed by atoms with Crippen molar-refractivity contribution in [3.63, 3.8) is 0 Å². The Hall–Kier alpha value is -4.43. The zero-order chi connectivity index (χ0) is 23.1. The fraction of sp³-hybridized carbons (Fsp3) is 0.200. The number of phenolic OH excluding ortho intramolecular Hbond substituents is 1. The van der Waals surface area contributed by atoms with Gasteiger partial charge in [0.05, 0.1) is 41.3 Å². The molecular formula is C25H18FN5O2. The molecule has 0 saturated carbocycles. The van der Waals surface area contributed by atoms with Crippen LogP contribution in [0.5, 0.6) is 11.8 Å². The van der Waals surface area contributed by atoms with E-state index < -0.39 is 5.82 Å². The third-order valence-corrected chi connectivity index (χ3v) is 5.86. The molecule has 1 aliphatic heterocycles. The van der Waals surface area contributed by atoms with E-state index >= 15 is 0 Å². The third kappa shape index (κ3) is 3.42. The molecule has 5 rings (SSSR count). The van der Waals surface area contributed by atoms with Crippen molar-refractivity contribution >= 4 is 27.5 Å². The molecule has 8 heteroatoms. The molecule has 7 nitrogen and oxygen atoms in total.